The highest BCUT2D eigenvalue weighted by Gasteiger charge is 2.44. The maximum absolute atomic E-state index is 11.9. The molecule has 10 heteroatoms. The third-order valence-corrected chi connectivity index (χ3v) is 3.77. The van der Waals surface area contributed by atoms with Gasteiger partial charge >= 0.3 is 0 Å². The van der Waals surface area contributed by atoms with E-state index in [-0.39, 0.29) is 15.9 Å². The lowest BCUT2D eigenvalue weighted by Gasteiger charge is -2.16. The van der Waals surface area contributed by atoms with Gasteiger partial charge in [0.1, 0.15) is 24.1 Å². The van der Waals surface area contributed by atoms with E-state index in [0.717, 1.165) is 0 Å². The van der Waals surface area contributed by atoms with Gasteiger partial charge in [-0.15, -0.1) is 0 Å². The van der Waals surface area contributed by atoms with Crippen LogP contribution in [0.1, 0.15) is 12.1 Å². The Labute approximate surface area is 122 Å². The van der Waals surface area contributed by atoms with Gasteiger partial charge in [-0.3, -0.25) is 9.36 Å². The Kier molecular flexibility index (Phi) is 3.42. The number of hydrogen-bond acceptors (Lipinski definition) is 7. The summed E-state index contributed by atoms with van der Waals surface area (Å²) in [6.45, 7) is 1.16. The number of aliphatic hydroxyl groups excluding tert-OH is 3. The third kappa shape index (κ3) is 2.12. The predicted molar refractivity (Wildman–Crippen MR) is 73.3 cm³/mol. The van der Waals surface area contributed by atoms with Crippen LogP contribution in [0.25, 0.3) is 11.2 Å². The number of imidazole rings is 1. The molecule has 2 aromatic rings. The Balaban J connectivity index is 2.20. The zero-order valence-electron chi connectivity index (χ0n) is 11.0. The average molecular weight is 314 g/mol. The number of nitrogens with one attached hydrogen (secondary N) is 2. The molecule has 1 fully saturated rings. The number of aromatic amines is 2. The van der Waals surface area contributed by atoms with Crippen molar-refractivity contribution < 1.29 is 20.1 Å². The van der Waals surface area contributed by atoms with E-state index in [2.05, 4.69) is 15.0 Å². The molecule has 4 atom stereocenters. The Morgan fingerprint density at radius 1 is 1.38 bits per heavy atom. The molecule has 1 aliphatic heterocycles. The molecule has 2 aromatic heterocycles. The van der Waals surface area contributed by atoms with E-state index in [4.69, 9.17) is 22.1 Å². The monoisotopic (exact) mass is 314 g/mol. The van der Waals surface area contributed by atoms with Crippen LogP contribution in [0.5, 0.6) is 0 Å². The highest BCUT2D eigenvalue weighted by atomic mass is 32.1. The van der Waals surface area contributed by atoms with Crippen molar-refractivity contribution in [3.8, 4) is 0 Å². The SMILES string of the molecule is Cc1nc2c([nH]c(=S)n2[C@@H]2O[C@H](CO)[C@H](O)C2O)c(=O)[nH]1. The summed E-state index contributed by atoms with van der Waals surface area (Å²) in [5.41, 5.74) is -0.0199. The molecule has 9 nitrogen and oxygen atoms in total. The average Bonchev–Trinajstić information content (AvgIpc) is 2.89. The first-order valence-corrected chi connectivity index (χ1v) is 6.68. The van der Waals surface area contributed by atoms with E-state index in [1.54, 1.807) is 6.92 Å². The van der Waals surface area contributed by atoms with Crippen molar-refractivity contribution in [3.63, 3.8) is 0 Å². The normalized spacial score (nSPS) is 29.3. The zero-order chi connectivity index (χ0) is 15.3. The van der Waals surface area contributed by atoms with Crippen LogP contribution < -0.4 is 5.56 Å². The molecule has 0 aromatic carbocycles. The molecule has 0 radical (unpaired) electrons. The van der Waals surface area contributed by atoms with Crippen molar-refractivity contribution in [2.75, 3.05) is 6.61 Å². The van der Waals surface area contributed by atoms with Crippen LogP contribution >= 0.6 is 12.2 Å². The summed E-state index contributed by atoms with van der Waals surface area (Å²) in [4.78, 5) is 21.3. The molecule has 1 saturated heterocycles. The first kappa shape index (κ1) is 14.4. The summed E-state index contributed by atoms with van der Waals surface area (Å²) < 4.78 is 6.88. The summed E-state index contributed by atoms with van der Waals surface area (Å²) >= 11 is 5.14. The molecular formula is C11H14N4O5S. The lowest BCUT2D eigenvalue weighted by atomic mass is 10.1. The molecule has 0 spiro atoms. The maximum Gasteiger partial charge on any atom is 0.276 e. The number of aromatic nitrogens is 4. The fraction of sp³-hybridized carbons (Fsp3) is 0.545. The van der Waals surface area contributed by atoms with Gasteiger partial charge in [-0.2, -0.15) is 0 Å². The topological polar surface area (TPSA) is 136 Å². The molecule has 3 heterocycles. The second-order valence-corrected chi connectivity index (χ2v) is 5.27. The van der Waals surface area contributed by atoms with Gasteiger partial charge in [-0.05, 0) is 19.1 Å². The number of ether oxygens (including phenoxy) is 1. The van der Waals surface area contributed by atoms with Gasteiger partial charge in [0.2, 0.25) is 0 Å². The van der Waals surface area contributed by atoms with Crippen molar-refractivity contribution in [2.45, 2.75) is 31.5 Å². The zero-order valence-corrected chi connectivity index (χ0v) is 11.8. The summed E-state index contributed by atoms with van der Waals surface area (Å²) in [7, 11) is 0. The number of hydrogen-bond donors (Lipinski definition) is 5. The molecule has 0 saturated carbocycles. The standard InChI is InChI=1S/C11H14N4O5S/c1-3-12-8-5(9(19)13-3)14-11(21)15(8)10-7(18)6(17)4(2-16)20-10/h4,6-7,10,16-18H,2H2,1H3,(H,14,21)(H,12,13,19)/t4-,6+,7?,10-/m1/s1. The van der Waals surface area contributed by atoms with Crippen LogP contribution in [-0.4, -0.2) is 59.8 Å². The van der Waals surface area contributed by atoms with Crippen molar-refractivity contribution in [3.05, 3.63) is 20.9 Å². The van der Waals surface area contributed by atoms with Gasteiger partial charge in [0.25, 0.3) is 5.56 Å². The summed E-state index contributed by atoms with van der Waals surface area (Å²) in [6, 6.07) is 0. The Hall–Kier alpha value is -1.59. The maximum atomic E-state index is 11.9. The number of nitrogens with zero attached hydrogens (tertiary/aromatic N) is 2. The largest absolute Gasteiger partial charge is 0.394 e. The van der Waals surface area contributed by atoms with Gasteiger partial charge < -0.3 is 30.0 Å². The van der Waals surface area contributed by atoms with E-state index in [9.17, 15) is 15.0 Å². The Bertz CT molecular complexity index is 796. The quantitative estimate of drug-likeness (QED) is 0.435. The van der Waals surface area contributed by atoms with Crippen LogP contribution in [-0.2, 0) is 4.74 Å². The third-order valence-electron chi connectivity index (χ3n) is 3.47. The van der Waals surface area contributed by atoms with Gasteiger partial charge in [-0.25, -0.2) is 4.98 Å². The van der Waals surface area contributed by atoms with Gasteiger partial charge in [0, 0.05) is 0 Å². The fourth-order valence-corrected chi connectivity index (χ4v) is 2.74. The molecule has 21 heavy (non-hydrogen) atoms. The molecule has 0 aliphatic carbocycles. The van der Waals surface area contributed by atoms with E-state index < -0.39 is 36.7 Å². The summed E-state index contributed by atoms with van der Waals surface area (Å²) in [5.74, 6) is 0.377. The van der Waals surface area contributed by atoms with Gasteiger partial charge in [0.05, 0.1) is 6.61 Å². The Morgan fingerprint density at radius 3 is 2.71 bits per heavy atom. The minimum Gasteiger partial charge on any atom is -0.394 e. The molecule has 114 valence electrons. The van der Waals surface area contributed by atoms with Crippen LogP contribution in [0.4, 0.5) is 0 Å². The van der Waals surface area contributed by atoms with E-state index in [1.165, 1.54) is 4.57 Å². The first-order chi connectivity index (χ1) is 9.93. The minimum atomic E-state index is -1.30. The summed E-state index contributed by atoms with van der Waals surface area (Å²) in [6.07, 6.45) is -4.52. The van der Waals surface area contributed by atoms with Gasteiger partial charge in [0.15, 0.2) is 22.2 Å². The molecule has 0 amide bonds. The molecule has 0 bridgehead atoms. The number of rotatable bonds is 2. The van der Waals surface area contributed by atoms with Gasteiger partial charge in [-0.1, -0.05) is 0 Å². The predicted octanol–water partition coefficient (Wildman–Crippen LogP) is -1.30. The van der Waals surface area contributed by atoms with Crippen molar-refractivity contribution in [2.24, 2.45) is 0 Å². The van der Waals surface area contributed by atoms with E-state index in [0.29, 0.717) is 5.82 Å². The van der Waals surface area contributed by atoms with Crippen LogP contribution in [0.2, 0.25) is 0 Å². The highest BCUT2D eigenvalue weighted by Crippen LogP contribution is 2.31. The van der Waals surface area contributed by atoms with E-state index in [1.807, 2.05) is 0 Å². The van der Waals surface area contributed by atoms with Crippen LogP contribution in [0, 0.1) is 11.7 Å². The second-order valence-electron chi connectivity index (χ2n) is 4.88. The van der Waals surface area contributed by atoms with E-state index >= 15 is 0 Å². The molecule has 1 aliphatic rings. The highest BCUT2D eigenvalue weighted by molar-refractivity contribution is 7.71. The Morgan fingerprint density at radius 2 is 2.10 bits per heavy atom. The fourth-order valence-electron chi connectivity index (χ4n) is 2.45. The summed E-state index contributed by atoms with van der Waals surface area (Å²) in [5, 5.41) is 29.0. The van der Waals surface area contributed by atoms with Crippen LogP contribution in [0.3, 0.4) is 0 Å². The van der Waals surface area contributed by atoms with Crippen molar-refractivity contribution in [1.82, 2.24) is 19.5 Å². The number of fused-ring (bicyclic) bond motifs is 1. The van der Waals surface area contributed by atoms with Crippen LogP contribution in [0.15, 0.2) is 4.79 Å². The first-order valence-electron chi connectivity index (χ1n) is 6.27. The smallest absolute Gasteiger partial charge is 0.276 e. The van der Waals surface area contributed by atoms with Crippen molar-refractivity contribution in [1.29, 1.82) is 0 Å². The molecule has 1 unspecified atom stereocenters. The lowest BCUT2D eigenvalue weighted by molar-refractivity contribution is -0.0517. The number of H-pyrrole nitrogens is 2. The molecule has 3 rings (SSSR count). The number of aryl methyl sites for hydroxylation is 1. The lowest BCUT2D eigenvalue weighted by Crippen LogP contribution is -2.33. The second kappa shape index (κ2) is 5.00. The number of aliphatic hydroxyl groups is 3. The van der Waals surface area contributed by atoms with Crippen molar-refractivity contribution >= 4 is 23.4 Å². The molecule has 5 N–H and O–H groups in total. The molecular weight excluding hydrogens is 300 g/mol. The minimum absolute atomic E-state index is 0.128.